The topological polar surface area (TPSA) is 110 Å². The van der Waals surface area contributed by atoms with E-state index in [1.54, 1.807) is 31.2 Å². The first kappa shape index (κ1) is 22.8. The molecule has 2 aromatic rings. The highest BCUT2D eigenvalue weighted by Crippen LogP contribution is 2.63. The summed E-state index contributed by atoms with van der Waals surface area (Å²) in [6, 6.07) is 7.94. The Hall–Kier alpha value is -3.42. The smallest absolute Gasteiger partial charge is 0.338 e. The summed E-state index contributed by atoms with van der Waals surface area (Å²) < 4.78 is 10.2. The molecule has 2 saturated carbocycles. The van der Waals surface area contributed by atoms with Gasteiger partial charge in [-0.05, 0) is 67.3 Å². The number of anilines is 1. The number of nitrogens with one attached hydrogen (secondary N) is 2. The molecular weight excluding hydrogens is 422 g/mol. The highest BCUT2D eigenvalue weighted by atomic mass is 16.5. The van der Waals surface area contributed by atoms with Crippen molar-refractivity contribution in [1.82, 2.24) is 5.43 Å². The third-order valence-electron chi connectivity index (χ3n) is 7.63. The summed E-state index contributed by atoms with van der Waals surface area (Å²) in [5.74, 6) is -0.837. The average Bonchev–Trinajstić information content (AvgIpc) is 3.44. The van der Waals surface area contributed by atoms with E-state index in [1.165, 1.54) is 18.8 Å². The van der Waals surface area contributed by atoms with Gasteiger partial charge in [0, 0.05) is 16.8 Å². The molecule has 174 valence electrons. The molecule has 33 heavy (non-hydrogen) atoms. The normalized spacial score (nSPS) is 24.0. The van der Waals surface area contributed by atoms with Crippen molar-refractivity contribution < 1.29 is 23.5 Å². The van der Waals surface area contributed by atoms with Crippen LogP contribution in [0.15, 0.2) is 46.1 Å². The van der Waals surface area contributed by atoms with E-state index < -0.39 is 24.4 Å². The quantitative estimate of drug-likeness (QED) is 0.502. The first-order valence-electron chi connectivity index (χ1n) is 11.1. The lowest BCUT2D eigenvalue weighted by Gasteiger charge is -2.34. The zero-order valence-corrected chi connectivity index (χ0v) is 19.4. The zero-order chi connectivity index (χ0) is 23.8. The molecule has 2 aliphatic rings. The summed E-state index contributed by atoms with van der Waals surface area (Å²) >= 11 is 0. The van der Waals surface area contributed by atoms with Crippen LogP contribution in [0.25, 0.3) is 0 Å². The molecule has 2 fully saturated rings. The number of amides is 2. The van der Waals surface area contributed by atoms with Gasteiger partial charge in [-0.25, -0.2) is 10.2 Å². The maximum Gasteiger partial charge on any atom is 0.338 e. The maximum atomic E-state index is 12.5. The van der Waals surface area contributed by atoms with E-state index >= 15 is 0 Å². The van der Waals surface area contributed by atoms with Crippen molar-refractivity contribution in [1.29, 1.82) is 0 Å². The van der Waals surface area contributed by atoms with Crippen molar-refractivity contribution >= 4 is 29.2 Å². The monoisotopic (exact) mass is 451 g/mol. The Morgan fingerprint density at radius 1 is 1.21 bits per heavy atom. The predicted molar refractivity (Wildman–Crippen MR) is 123 cm³/mol. The van der Waals surface area contributed by atoms with Crippen LogP contribution >= 0.6 is 0 Å². The van der Waals surface area contributed by atoms with Gasteiger partial charge in [0.15, 0.2) is 12.4 Å². The molecule has 2 bridgehead atoms. The number of ether oxygens (including phenoxy) is 1. The number of rotatable bonds is 6. The molecular formula is C25H29N3O5. The lowest BCUT2D eigenvalue weighted by atomic mass is 9.70. The molecule has 2 aliphatic carbocycles. The molecule has 0 saturated heterocycles. The Balaban J connectivity index is 1.33. The average molecular weight is 452 g/mol. The molecule has 1 heterocycles. The summed E-state index contributed by atoms with van der Waals surface area (Å²) in [7, 11) is 0. The number of benzene rings is 1. The minimum absolute atomic E-state index is 0.0139. The molecule has 0 radical (unpaired) electrons. The number of esters is 1. The summed E-state index contributed by atoms with van der Waals surface area (Å²) in [6.07, 6.45) is 4.55. The Bertz CT molecular complexity index is 1120. The van der Waals surface area contributed by atoms with E-state index in [2.05, 4.69) is 36.6 Å². The first-order chi connectivity index (χ1) is 15.6. The van der Waals surface area contributed by atoms with Gasteiger partial charge in [-0.2, -0.15) is 5.10 Å². The van der Waals surface area contributed by atoms with Crippen LogP contribution in [0.5, 0.6) is 0 Å². The van der Waals surface area contributed by atoms with Gasteiger partial charge in [0.05, 0.1) is 11.8 Å². The number of carbonyl (C=O) groups is 3. The van der Waals surface area contributed by atoms with Gasteiger partial charge in [-0.15, -0.1) is 0 Å². The molecule has 2 N–H and O–H groups in total. The summed E-state index contributed by atoms with van der Waals surface area (Å²) in [6.45, 7) is 8.11. The molecule has 1 aromatic carbocycles. The van der Waals surface area contributed by atoms with Crippen LogP contribution in [0.3, 0.4) is 0 Å². The zero-order valence-electron chi connectivity index (χ0n) is 19.4. The van der Waals surface area contributed by atoms with Gasteiger partial charge in [-0.3, -0.25) is 9.59 Å². The number of hydrogen-bond acceptors (Lipinski definition) is 6. The number of fused-ring (bicyclic) bond motifs is 2. The van der Waals surface area contributed by atoms with Gasteiger partial charge >= 0.3 is 5.97 Å². The highest BCUT2D eigenvalue weighted by molar-refractivity contribution is 6.03. The number of furan rings is 1. The lowest BCUT2D eigenvalue weighted by Crippen LogP contribution is -2.34. The SMILES string of the molecule is Cc1ccc(C(=O)OCC(=O)N/N=C2\CC3CCC2(C)C3(C)C)cc1NC(=O)c1ccco1. The third-order valence-corrected chi connectivity index (χ3v) is 7.63. The van der Waals surface area contributed by atoms with Crippen LogP contribution in [0, 0.1) is 23.7 Å². The van der Waals surface area contributed by atoms with Gasteiger partial charge in [0.25, 0.3) is 11.8 Å². The van der Waals surface area contributed by atoms with Crippen LogP contribution in [0.2, 0.25) is 0 Å². The van der Waals surface area contributed by atoms with Crippen molar-refractivity contribution in [3.05, 3.63) is 53.5 Å². The van der Waals surface area contributed by atoms with Crippen molar-refractivity contribution in [2.24, 2.45) is 21.8 Å². The van der Waals surface area contributed by atoms with Crippen molar-refractivity contribution in [2.75, 3.05) is 11.9 Å². The van der Waals surface area contributed by atoms with E-state index in [1.807, 2.05) is 0 Å². The van der Waals surface area contributed by atoms with E-state index in [0.29, 0.717) is 11.6 Å². The van der Waals surface area contributed by atoms with Gasteiger partial charge in [-0.1, -0.05) is 26.8 Å². The van der Waals surface area contributed by atoms with Crippen LogP contribution in [-0.2, 0) is 9.53 Å². The molecule has 8 nitrogen and oxygen atoms in total. The number of aryl methyl sites for hydroxylation is 1. The van der Waals surface area contributed by atoms with Crippen molar-refractivity contribution in [3.63, 3.8) is 0 Å². The molecule has 8 heteroatoms. The Morgan fingerprint density at radius 3 is 2.64 bits per heavy atom. The fraction of sp³-hybridized carbons (Fsp3) is 0.440. The molecule has 1 aromatic heterocycles. The third kappa shape index (κ3) is 4.17. The number of hydrogen-bond donors (Lipinski definition) is 2. The number of nitrogens with zero attached hydrogens (tertiary/aromatic N) is 1. The Kier molecular flexibility index (Phi) is 5.86. The number of carbonyl (C=O) groups excluding carboxylic acids is 3. The van der Waals surface area contributed by atoms with Crippen LogP contribution in [0.4, 0.5) is 5.69 Å². The number of hydrazone groups is 1. The van der Waals surface area contributed by atoms with Crippen molar-refractivity contribution in [3.8, 4) is 0 Å². The van der Waals surface area contributed by atoms with Crippen molar-refractivity contribution in [2.45, 2.75) is 47.0 Å². The fourth-order valence-corrected chi connectivity index (χ4v) is 4.95. The second-order valence-electron chi connectivity index (χ2n) is 9.62. The Morgan fingerprint density at radius 2 is 2.00 bits per heavy atom. The van der Waals surface area contributed by atoms with Crippen LogP contribution in [0.1, 0.15) is 66.5 Å². The molecule has 4 rings (SSSR count). The second-order valence-corrected chi connectivity index (χ2v) is 9.62. The lowest BCUT2D eigenvalue weighted by molar-refractivity contribution is -0.124. The molecule has 2 unspecified atom stereocenters. The molecule has 2 atom stereocenters. The predicted octanol–water partition coefficient (Wildman–Crippen LogP) is 4.32. The summed E-state index contributed by atoms with van der Waals surface area (Å²) in [5, 5.41) is 7.09. The minimum atomic E-state index is -0.667. The van der Waals surface area contributed by atoms with Gasteiger partial charge in [0.2, 0.25) is 0 Å². The highest BCUT2D eigenvalue weighted by Gasteiger charge is 2.60. The van der Waals surface area contributed by atoms with Gasteiger partial charge in [0.1, 0.15) is 0 Å². The molecule has 0 aliphatic heterocycles. The largest absolute Gasteiger partial charge is 0.459 e. The van der Waals surface area contributed by atoms with Crippen LogP contribution in [-0.4, -0.2) is 30.1 Å². The van der Waals surface area contributed by atoms with Crippen LogP contribution < -0.4 is 10.7 Å². The summed E-state index contributed by atoms with van der Waals surface area (Å²) in [5.41, 5.74) is 5.15. The van der Waals surface area contributed by atoms with Gasteiger partial charge < -0.3 is 14.5 Å². The second kappa shape index (κ2) is 8.50. The Labute approximate surface area is 192 Å². The van der Waals surface area contributed by atoms with E-state index in [-0.39, 0.29) is 22.2 Å². The van der Waals surface area contributed by atoms with E-state index in [4.69, 9.17) is 9.15 Å². The molecule has 0 spiro atoms. The van der Waals surface area contributed by atoms with E-state index in [9.17, 15) is 14.4 Å². The molecule has 2 amide bonds. The fourth-order valence-electron chi connectivity index (χ4n) is 4.95. The minimum Gasteiger partial charge on any atom is -0.459 e. The summed E-state index contributed by atoms with van der Waals surface area (Å²) in [4.78, 5) is 36.9. The maximum absolute atomic E-state index is 12.5. The van der Waals surface area contributed by atoms with E-state index in [0.717, 1.165) is 24.1 Å². The first-order valence-corrected chi connectivity index (χ1v) is 11.1. The standard InChI is InChI=1S/C25H29N3O5/c1-15-7-8-16(12-18(15)26-22(30)19-6-5-11-32-19)23(31)33-14-21(29)28-27-20-13-17-9-10-25(20,4)24(17,2)3/h5-8,11-12,17H,9-10,13-14H2,1-4H3,(H,26,30)(H,28,29)/b27-20+.